The van der Waals surface area contributed by atoms with Gasteiger partial charge in [0.2, 0.25) is 29.5 Å². The molecule has 1 heterocycles. The number of unbranched alkanes of at least 4 members (excludes halogenated alkanes) is 4. The van der Waals surface area contributed by atoms with Crippen molar-refractivity contribution < 1.29 is 121 Å². The molecule has 13 N–H and O–H groups in total. The number of carbonyl (C=O) groups excluding carboxylic acids is 6. The number of ether oxygens (including phenoxy) is 13. The molecule has 0 aromatic heterocycles. The number of primary amides is 1. The summed E-state index contributed by atoms with van der Waals surface area (Å²) < 4.78 is 71.1. The molecule has 8 atom stereocenters. The quantitative estimate of drug-likeness (QED) is 0.0288. The Morgan fingerprint density at radius 1 is 0.526 bits per heavy atom. The van der Waals surface area contributed by atoms with Crippen molar-refractivity contribution >= 4 is 53.4 Å². The highest BCUT2D eigenvalue weighted by Gasteiger charge is 2.46. The molecule has 0 bridgehead atoms. The number of rotatable bonds is 63. The maximum atomic E-state index is 13.9. The molecule has 558 valence electrons. The molecule has 1 aliphatic heterocycles. The number of carboxylic acid groups (broad SMARTS) is 1. The molecule has 0 spiro atoms. The summed E-state index contributed by atoms with van der Waals surface area (Å²) in [4.78, 5) is 92.6. The van der Waals surface area contributed by atoms with E-state index in [1.165, 1.54) is 6.21 Å². The van der Waals surface area contributed by atoms with Crippen LogP contribution in [-0.2, 0) is 97.0 Å². The first-order chi connectivity index (χ1) is 47.0. The molecule has 2 rings (SSSR count). The Morgan fingerprint density at radius 3 is 1.45 bits per heavy atom. The minimum atomic E-state index is -1.74. The number of amides is 7. The fraction of sp³-hybridized carbons (Fsp3) is 0.781. The van der Waals surface area contributed by atoms with Gasteiger partial charge in [-0.1, -0.05) is 52.2 Å². The molecule has 7 amide bonds. The summed E-state index contributed by atoms with van der Waals surface area (Å²) >= 11 is 0. The number of nitrogens with one attached hydrogen (secondary N) is 6. The van der Waals surface area contributed by atoms with E-state index >= 15 is 0 Å². The van der Waals surface area contributed by atoms with Gasteiger partial charge in [-0.25, -0.2) is 14.6 Å². The fourth-order valence-electron chi connectivity index (χ4n) is 8.89. The van der Waals surface area contributed by atoms with E-state index in [9.17, 15) is 54.0 Å². The number of nitrogens with two attached hydrogens (primary N) is 1. The van der Waals surface area contributed by atoms with Crippen LogP contribution in [0.1, 0.15) is 97.0 Å². The van der Waals surface area contributed by atoms with E-state index < -0.39 is 84.4 Å². The van der Waals surface area contributed by atoms with Crippen LogP contribution in [0.3, 0.4) is 0 Å². The maximum Gasteiger partial charge on any atom is 0.337 e. The zero-order valence-electron chi connectivity index (χ0n) is 56.9. The summed E-state index contributed by atoms with van der Waals surface area (Å²) in [5.41, 5.74) is 6.17. The first-order valence-corrected chi connectivity index (χ1v) is 33.6. The Balaban J connectivity index is 1.42. The monoisotopic (exact) mass is 1390 g/mol. The molecule has 33 heteroatoms. The Bertz CT molecular complexity index is 2270. The van der Waals surface area contributed by atoms with Crippen LogP contribution in [0.2, 0.25) is 0 Å². The van der Waals surface area contributed by atoms with Gasteiger partial charge in [0, 0.05) is 37.8 Å². The van der Waals surface area contributed by atoms with Crippen LogP contribution in [0.15, 0.2) is 29.3 Å². The summed E-state index contributed by atoms with van der Waals surface area (Å²) in [7, 11) is 0. The van der Waals surface area contributed by atoms with Gasteiger partial charge in [-0.05, 0) is 62.1 Å². The highest BCUT2D eigenvalue weighted by Crippen LogP contribution is 2.20. The molecule has 0 saturated carbocycles. The SMILES string of the molecule is CCCCCCC(=O)N[C@@H](CCCCNC(=O)CCOCCOCCOCCOCCOCCOCCOCCOCCOCCOCCOCCOCCNC1O[C@H](C(=O)O)[C@@H](O)[C@H](O)[C@H]1O)C(=O)N[C@H](C(=O)N[C@@H](CC/C=N/C(N)=O)C(=O)Nc1ccc(CO)cc1)C(C)C. The van der Waals surface area contributed by atoms with Crippen molar-refractivity contribution in [1.82, 2.24) is 26.6 Å². The number of carboxylic acids is 1. The highest BCUT2D eigenvalue weighted by atomic mass is 16.6. The maximum absolute atomic E-state index is 13.9. The van der Waals surface area contributed by atoms with Crippen molar-refractivity contribution in [2.75, 3.05) is 177 Å². The van der Waals surface area contributed by atoms with E-state index in [-0.39, 0.29) is 70.3 Å². The Morgan fingerprint density at radius 2 is 1.00 bits per heavy atom. The Hall–Kier alpha value is -5.54. The van der Waals surface area contributed by atoms with Crippen LogP contribution >= 0.6 is 0 Å². The summed E-state index contributed by atoms with van der Waals surface area (Å²) in [6.45, 7) is 14.8. The van der Waals surface area contributed by atoms with Crippen molar-refractivity contribution in [1.29, 1.82) is 0 Å². The van der Waals surface area contributed by atoms with Crippen LogP contribution in [0.5, 0.6) is 0 Å². The second-order valence-electron chi connectivity index (χ2n) is 22.5. The standard InChI is InChI=1S/C64H112N8O25/c1-4-5-6-7-13-53(75)70-50(60(80)72-54(47(2)3)61(81)71-51(12-10-20-68-64(65)84)59(79)69-49-16-14-48(46-73)15-17-49)11-8-9-19-66-52(74)18-22-85-24-26-87-28-30-89-32-34-91-36-38-93-40-42-95-44-45-96-43-41-94-39-37-92-35-33-90-31-29-88-27-25-86-23-21-67-62-57(78)55(76)56(77)58(97-62)63(82)83/h14-17,20,47,50-51,54-58,62,67,73,76-78H,4-13,18-19,21-46H2,1-3H3,(H2,65,84)(H,66,74)(H,69,79)(H,70,75)(H,71,81)(H,72,80)(H,82,83)/b68-20+/t50-,51-,54-,55-,56-,57+,58-,62?/m0/s1. The largest absolute Gasteiger partial charge is 0.479 e. The first kappa shape index (κ1) is 87.5. The van der Waals surface area contributed by atoms with Gasteiger partial charge in [-0.2, -0.15) is 0 Å². The molecule has 1 aromatic carbocycles. The number of hydrogen-bond donors (Lipinski definition) is 12. The van der Waals surface area contributed by atoms with Gasteiger partial charge in [0.05, 0.1) is 165 Å². The fourth-order valence-corrected chi connectivity index (χ4v) is 8.89. The van der Waals surface area contributed by atoms with Gasteiger partial charge < -0.3 is 119 Å². The van der Waals surface area contributed by atoms with Crippen LogP contribution in [0.4, 0.5) is 10.5 Å². The van der Waals surface area contributed by atoms with Crippen molar-refractivity contribution in [2.24, 2.45) is 16.6 Å². The number of anilines is 1. The number of aliphatic hydroxyl groups is 4. The molecule has 1 unspecified atom stereocenters. The number of aliphatic hydroxyl groups excluding tert-OH is 4. The molecular weight excluding hydrogens is 1280 g/mol. The number of nitrogens with zero attached hydrogens (tertiary/aromatic N) is 1. The van der Waals surface area contributed by atoms with E-state index in [0.717, 1.165) is 19.3 Å². The Kier molecular flexibility index (Phi) is 52.6. The van der Waals surface area contributed by atoms with Gasteiger partial charge in [0.25, 0.3) is 0 Å². The molecular formula is C64H112N8O25. The lowest BCUT2D eigenvalue weighted by atomic mass is 9.98. The number of hydrogen-bond acceptors (Lipinski definition) is 25. The van der Waals surface area contributed by atoms with E-state index in [1.807, 2.05) is 0 Å². The van der Waals surface area contributed by atoms with Crippen LogP contribution in [-0.4, -0.2) is 294 Å². The lowest BCUT2D eigenvalue weighted by molar-refractivity contribution is -0.234. The van der Waals surface area contributed by atoms with Crippen LogP contribution < -0.4 is 37.6 Å². The summed E-state index contributed by atoms with van der Waals surface area (Å²) in [5.74, 6) is -4.16. The third-order valence-electron chi connectivity index (χ3n) is 14.3. The summed E-state index contributed by atoms with van der Waals surface area (Å²) in [6, 6.07) is 2.38. The van der Waals surface area contributed by atoms with E-state index in [4.69, 9.17) is 72.4 Å². The normalized spacial score (nSPS) is 17.2. The number of aliphatic carboxylic acids is 1. The average Bonchev–Trinajstić information content (AvgIpc) is 0.836. The second-order valence-corrected chi connectivity index (χ2v) is 22.5. The topological polar surface area (TPSA) is 451 Å². The predicted molar refractivity (Wildman–Crippen MR) is 351 cm³/mol. The lowest BCUT2D eigenvalue weighted by Crippen LogP contribution is -2.63. The molecule has 1 aliphatic rings. The average molecular weight is 1390 g/mol. The van der Waals surface area contributed by atoms with E-state index in [2.05, 4.69) is 43.8 Å². The predicted octanol–water partition coefficient (Wildman–Crippen LogP) is -0.515. The second kappa shape index (κ2) is 58.3. The third kappa shape index (κ3) is 45.0. The van der Waals surface area contributed by atoms with Gasteiger partial charge in [-0.3, -0.25) is 29.3 Å². The molecule has 1 aromatic rings. The minimum Gasteiger partial charge on any atom is -0.479 e. The van der Waals surface area contributed by atoms with Crippen molar-refractivity contribution in [3.63, 3.8) is 0 Å². The van der Waals surface area contributed by atoms with Gasteiger partial charge in [-0.15, -0.1) is 0 Å². The number of carbonyl (C=O) groups is 7. The number of benzene rings is 1. The Labute approximate surface area is 569 Å². The smallest absolute Gasteiger partial charge is 0.337 e. The molecule has 1 fully saturated rings. The number of urea groups is 1. The zero-order valence-corrected chi connectivity index (χ0v) is 56.9. The minimum absolute atomic E-state index is 0.0406. The lowest BCUT2D eigenvalue weighted by Gasteiger charge is -2.39. The molecule has 0 radical (unpaired) electrons. The molecule has 0 aliphatic carbocycles. The molecule has 1 saturated heterocycles. The van der Waals surface area contributed by atoms with Crippen molar-refractivity contribution in [3.8, 4) is 0 Å². The number of aliphatic imine (C=N–C) groups is 1. The third-order valence-corrected chi connectivity index (χ3v) is 14.3. The molecule has 33 nitrogen and oxygen atoms in total. The van der Waals surface area contributed by atoms with E-state index in [0.29, 0.717) is 182 Å². The van der Waals surface area contributed by atoms with Gasteiger partial charge in [0.1, 0.15) is 42.7 Å². The van der Waals surface area contributed by atoms with Gasteiger partial charge >= 0.3 is 12.0 Å². The summed E-state index contributed by atoms with van der Waals surface area (Å²) in [6.07, 6.45) is -1.31. The van der Waals surface area contributed by atoms with Crippen molar-refractivity contribution in [3.05, 3.63) is 29.8 Å². The zero-order chi connectivity index (χ0) is 70.9. The summed E-state index contributed by atoms with van der Waals surface area (Å²) in [5, 5.41) is 64.8. The molecule has 97 heavy (non-hydrogen) atoms. The highest BCUT2D eigenvalue weighted by molar-refractivity contribution is 5.99. The van der Waals surface area contributed by atoms with Crippen LogP contribution in [0, 0.1) is 5.92 Å². The van der Waals surface area contributed by atoms with Gasteiger partial charge in [0.15, 0.2) is 6.10 Å². The van der Waals surface area contributed by atoms with E-state index in [1.54, 1.807) is 38.1 Å². The van der Waals surface area contributed by atoms with Crippen molar-refractivity contribution in [2.45, 2.75) is 147 Å². The van der Waals surface area contributed by atoms with Crippen LogP contribution in [0.25, 0.3) is 0 Å². The first-order valence-electron chi connectivity index (χ1n) is 33.6.